The van der Waals surface area contributed by atoms with Crippen molar-refractivity contribution >= 4 is 12.1 Å². The molecule has 5 heteroatoms. The lowest BCUT2D eigenvalue weighted by Crippen LogP contribution is -2.51. The van der Waals surface area contributed by atoms with E-state index in [1.54, 1.807) is 20.8 Å². The summed E-state index contributed by atoms with van der Waals surface area (Å²) in [5.74, 6) is -0.703. The summed E-state index contributed by atoms with van der Waals surface area (Å²) in [6, 6.07) is 9.23. The van der Waals surface area contributed by atoms with E-state index in [9.17, 15) is 14.7 Å². The molecule has 1 aliphatic heterocycles. The third-order valence-electron chi connectivity index (χ3n) is 3.99. The van der Waals surface area contributed by atoms with Gasteiger partial charge in [0.2, 0.25) is 0 Å². The highest BCUT2D eigenvalue weighted by Gasteiger charge is 2.38. The second-order valence-corrected chi connectivity index (χ2v) is 7.11. The molecule has 2 atom stereocenters. The van der Waals surface area contributed by atoms with Gasteiger partial charge in [-0.1, -0.05) is 30.3 Å². The van der Waals surface area contributed by atoms with E-state index in [2.05, 4.69) is 12.1 Å². The summed E-state index contributed by atoms with van der Waals surface area (Å²) < 4.78 is 5.33. The van der Waals surface area contributed by atoms with Crippen LogP contribution in [0.2, 0.25) is 0 Å². The lowest BCUT2D eigenvalue weighted by Gasteiger charge is -2.37. The molecule has 0 aromatic heterocycles. The van der Waals surface area contributed by atoms with Crippen LogP contribution in [0.15, 0.2) is 30.3 Å². The number of aliphatic carboxylic acids is 1. The predicted octanol–water partition coefficient (Wildman–Crippen LogP) is 3.33. The number of amides is 1. The van der Waals surface area contributed by atoms with Crippen LogP contribution in [0.5, 0.6) is 0 Å². The van der Waals surface area contributed by atoms with Crippen LogP contribution in [-0.4, -0.2) is 40.3 Å². The van der Waals surface area contributed by atoms with Crippen LogP contribution in [-0.2, 0) is 16.0 Å². The van der Waals surface area contributed by atoms with E-state index in [1.165, 1.54) is 10.5 Å². The Morgan fingerprint density at radius 2 is 1.91 bits per heavy atom. The summed E-state index contributed by atoms with van der Waals surface area (Å²) >= 11 is 0. The number of hydrogen-bond acceptors (Lipinski definition) is 3. The van der Waals surface area contributed by atoms with Crippen molar-refractivity contribution in [3.8, 4) is 0 Å². The quantitative estimate of drug-likeness (QED) is 0.928. The molecule has 1 saturated heterocycles. The maximum Gasteiger partial charge on any atom is 0.411 e. The largest absolute Gasteiger partial charge is 0.480 e. The second kappa shape index (κ2) is 7.02. The molecule has 0 spiro atoms. The van der Waals surface area contributed by atoms with Gasteiger partial charge in [-0.05, 0) is 51.5 Å². The van der Waals surface area contributed by atoms with Crippen LogP contribution in [0, 0.1) is 5.92 Å². The van der Waals surface area contributed by atoms with Gasteiger partial charge in [0.15, 0.2) is 0 Å². The Morgan fingerprint density at radius 3 is 2.48 bits per heavy atom. The van der Waals surface area contributed by atoms with E-state index >= 15 is 0 Å². The first-order valence-corrected chi connectivity index (χ1v) is 8.02. The normalized spacial score (nSPS) is 21.8. The fraction of sp³-hybridized carbons (Fsp3) is 0.556. The Balaban J connectivity index is 2.03. The van der Waals surface area contributed by atoms with Gasteiger partial charge in [-0.25, -0.2) is 9.59 Å². The minimum atomic E-state index is -0.964. The zero-order valence-corrected chi connectivity index (χ0v) is 14.0. The topological polar surface area (TPSA) is 66.8 Å². The summed E-state index contributed by atoms with van der Waals surface area (Å²) in [6.07, 6.45) is 1.55. The first kappa shape index (κ1) is 17.3. The van der Waals surface area contributed by atoms with Crippen molar-refractivity contribution < 1.29 is 19.4 Å². The number of carboxylic acids is 1. The summed E-state index contributed by atoms with van der Waals surface area (Å²) in [6.45, 7) is 5.76. The fourth-order valence-corrected chi connectivity index (χ4v) is 2.94. The van der Waals surface area contributed by atoms with Gasteiger partial charge in [0, 0.05) is 6.54 Å². The van der Waals surface area contributed by atoms with E-state index in [-0.39, 0.29) is 5.92 Å². The van der Waals surface area contributed by atoms with Gasteiger partial charge in [0.05, 0.1) is 0 Å². The Bertz CT molecular complexity index is 550. The Hall–Kier alpha value is -2.04. The molecule has 1 aromatic carbocycles. The van der Waals surface area contributed by atoms with Crippen LogP contribution < -0.4 is 0 Å². The molecule has 0 radical (unpaired) electrons. The van der Waals surface area contributed by atoms with Gasteiger partial charge in [0.25, 0.3) is 0 Å². The smallest absolute Gasteiger partial charge is 0.411 e. The molecule has 1 amide bonds. The number of carbonyl (C=O) groups excluding carboxylic acids is 1. The van der Waals surface area contributed by atoms with Crippen molar-refractivity contribution in [3.05, 3.63) is 35.9 Å². The average molecular weight is 319 g/mol. The average Bonchev–Trinajstić information content (AvgIpc) is 2.46. The highest BCUT2D eigenvalue weighted by atomic mass is 16.6. The number of rotatable bonds is 3. The number of benzene rings is 1. The van der Waals surface area contributed by atoms with Crippen molar-refractivity contribution in [1.29, 1.82) is 0 Å². The first-order chi connectivity index (χ1) is 10.8. The van der Waals surface area contributed by atoms with Gasteiger partial charge in [-0.3, -0.25) is 4.90 Å². The Labute approximate surface area is 137 Å². The van der Waals surface area contributed by atoms with Crippen molar-refractivity contribution in [3.63, 3.8) is 0 Å². The number of nitrogens with zero attached hydrogens (tertiary/aromatic N) is 1. The van der Waals surface area contributed by atoms with Crippen LogP contribution in [0.25, 0.3) is 0 Å². The summed E-state index contributed by atoms with van der Waals surface area (Å²) in [5.41, 5.74) is 0.577. The van der Waals surface area contributed by atoms with E-state index < -0.39 is 23.7 Å². The molecule has 23 heavy (non-hydrogen) atoms. The summed E-state index contributed by atoms with van der Waals surface area (Å²) in [7, 11) is 0. The first-order valence-electron chi connectivity index (χ1n) is 8.02. The lowest BCUT2D eigenvalue weighted by molar-refractivity contribution is -0.145. The zero-order valence-electron chi connectivity index (χ0n) is 14.0. The Morgan fingerprint density at radius 1 is 1.26 bits per heavy atom. The number of likely N-dealkylation sites (tertiary alicyclic amines) is 1. The number of carbonyl (C=O) groups is 2. The van der Waals surface area contributed by atoms with Crippen molar-refractivity contribution in [2.45, 2.75) is 51.7 Å². The number of carboxylic acid groups (broad SMARTS) is 1. The van der Waals surface area contributed by atoms with E-state index in [0.717, 1.165) is 12.8 Å². The molecule has 1 N–H and O–H groups in total. The van der Waals surface area contributed by atoms with Gasteiger partial charge >= 0.3 is 12.1 Å². The molecular weight excluding hydrogens is 294 g/mol. The molecule has 0 bridgehead atoms. The number of piperidine rings is 1. The maximum atomic E-state index is 12.2. The minimum absolute atomic E-state index is 0.261. The van der Waals surface area contributed by atoms with Gasteiger partial charge in [0.1, 0.15) is 11.6 Å². The molecule has 5 nitrogen and oxygen atoms in total. The van der Waals surface area contributed by atoms with Gasteiger partial charge in [-0.2, -0.15) is 0 Å². The summed E-state index contributed by atoms with van der Waals surface area (Å²) in [4.78, 5) is 25.2. The molecule has 1 aliphatic rings. The van der Waals surface area contributed by atoms with E-state index in [4.69, 9.17) is 4.74 Å². The predicted molar refractivity (Wildman–Crippen MR) is 87.2 cm³/mol. The number of hydrogen-bond donors (Lipinski definition) is 1. The minimum Gasteiger partial charge on any atom is -0.480 e. The molecule has 2 rings (SSSR count). The highest BCUT2D eigenvalue weighted by molar-refractivity contribution is 5.80. The van der Waals surface area contributed by atoms with E-state index in [1.807, 2.05) is 18.2 Å². The third-order valence-corrected chi connectivity index (χ3v) is 3.99. The van der Waals surface area contributed by atoms with Crippen molar-refractivity contribution in [1.82, 2.24) is 4.90 Å². The maximum absolute atomic E-state index is 12.2. The summed E-state index contributed by atoms with van der Waals surface area (Å²) in [5, 5.41) is 9.49. The monoisotopic (exact) mass is 319 g/mol. The molecular formula is C18H25NO4. The molecule has 126 valence electrons. The fourth-order valence-electron chi connectivity index (χ4n) is 2.94. The van der Waals surface area contributed by atoms with Crippen LogP contribution in [0.3, 0.4) is 0 Å². The van der Waals surface area contributed by atoms with Crippen LogP contribution in [0.1, 0.15) is 39.2 Å². The lowest BCUT2D eigenvalue weighted by atomic mass is 9.86. The SMILES string of the molecule is CC(C)(C)OC(=O)N1CCC(Cc2ccccc2)CC1C(=O)O. The van der Waals surface area contributed by atoms with Crippen LogP contribution in [0.4, 0.5) is 4.79 Å². The molecule has 1 heterocycles. The molecule has 0 saturated carbocycles. The number of ether oxygens (including phenoxy) is 1. The molecule has 1 fully saturated rings. The second-order valence-electron chi connectivity index (χ2n) is 7.11. The third kappa shape index (κ3) is 4.98. The molecule has 1 aromatic rings. The van der Waals surface area contributed by atoms with Crippen molar-refractivity contribution in [2.75, 3.05) is 6.54 Å². The highest BCUT2D eigenvalue weighted by Crippen LogP contribution is 2.27. The van der Waals surface area contributed by atoms with Crippen LogP contribution >= 0.6 is 0 Å². The standard InChI is InChI=1S/C18H25NO4/c1-18(2,3)23-17(22)19-10-9-14(12-15(19)16(20)21)11-13-7-5-4-6-8-13/h4-8,14-15H,9-12H2,1-3H3,(H,20,21). The molecule has 0 aliphatic carbocycles. The van der Waals surface area contributed by atoms with Crippen molar-refractivity contribution in [2.24, 2.45) is 5.92 Å². The van der Waals surface area contributed by atoms with Gasteiger partial charge in [-0.15, -0.1) is 0 Å². The Kier molecular flexibility index (Phi) is 5.29. The molecule has 2 unspecified atom stereocenters. The zero-order chi connectivity index (χ0) is 17.0. The van der Waals surface area contributed by atoms with E-state index in [0.29, 0.717) is 13.0 Å². The van der Waals surface area contributed by atoms with Gasteiger partial charge < -0.3 is 9.84 Å².